The fourth-order valence-electron chi connectivity index (χ4n) is 2.22. The number of hydrogen-bond acceptors (Lipinski definition) is 2. The highest BCUT2D eigenvalue weighted by Gasteiger charge is 2.25. The van der Waals surface area contributed by atoms with Crippen LogP contribution < -0.4 is 5.32 Å². The lowest BCUT2D eigenvalue weighted by Gasteiger charge is -2.15. The Morgan fingerprint density at radius 1 is 1.50 bits per heavy atom. The molecular weight excluding hydrogens is 301 g/mol. The summed E-state index contributed by atoms with van der Waals surface area (Å²) in [4.78, 5) is 11.8. The first kappa shape index (κ1) is 13.5. The first-order valence-electron chi connectivity index (χ1n) is 5.99. The third-order valence-corrected chi connectivity index (χ3v) is 3.97. The Morgan fingerprint density at radius 3 is 2.89 bits per heavy atom. The van der Waals surface area contributed by atoms with Gasteiger partial charge < -0.3 is 10.4 Å². The summed E-state index contributed by atoms with van der Waals surface area (Å²) >= 11 is 3.04. The molecule has 1 aromatic rings. The maximum Gasteiger partial charge on any atom is 0.251 e. The second kappa shape index (κ2) is 5.80. The number of carbonyl (C=O) groups is 1. The van der Waals surface area contributed by atoms with Crippen molar-refractivity contribution in [3.8, 4) is 0 Å². The van der Waals surface area contributed by atoms with Crippen LogP contribution in [0.2, 0.25) is 0 Å². The van der Waals surface area contributed by atoms with Gasteiger partial charge in [-0.05, 0) is 47.0 Å². The summed E-state index contributed by atoms with van der Waals surface area (Å²) in [6, 6.07) is 4.27. The van der Waals surface area contributed by atoms with Gasteiger partial charge in [0.1, 0.15) is 5.82 Å². The Morgan fingerprint density at radius 2 is 2.28 bits per heavy atom. The number of hydrogen-bond donors (Lipinski definition) is 2. The van der Waals surface area contributed by atoms with Crippen molar-refractivity contribution in [3.63, 3.8) is 0 Å². The van der Waals surface area contributed by atoms with Gasteiger partial charge in [0, 0.05) is 18.0 Å². The number of carbonyl (C=O) groups excluding carboxylic acids is 1. The molecule has 0 bridgehead atoms. The molecule has 0 aliphatic heterocycles. The third kappa shape index (κ3) is 3.09. The lowest BCUT2D eigenvalue weighted by Crippen LogP contribution is -2.32. The van der Waals surface area contributed by atoms with Gasteiger partial charge in [0.15, 0.2) is 0 Å². The van der Waals surface area contributed by atoms with E-state index in [1.165, 1.54) is 12.1 Å². The molecule has 1 aliphatic carbocycles. The normalized spacial score (nSPS) is 23.1. The van der Waals surface area contributed by atoms with Crippen molar-refractivity contribution in [3.05, 3.63) is 34.1 Å². The second-order valence-corrected chi connectivity index (χ2v) is 5.45. The topological polar surface area (TPSA) is 49.3 Å². The Kier molecular flexibility index (Phi) is 4.35. The van der Waals surface area contributed by atoms with Crippen LogP contribution >= 0.6 is 15.9 Å². The van der Waals surface area contributed by atoms with Crippen LogP contribution in [0.3, 0.4) is 0 Å². The van der Waals surface area contributed by atoms with Crippen LogP contribution in [-0.2, 0) is 0 Å². The Balaban J connectivity index is 1.93. The average molecular weight is 316 g/mol. The summed E-state index contributed by atoms with van der Waals surface area (Å²) in [5.41, 5.74) is 0.295. The third-order valence-electron chi connectivity index (χ3n) is 3.33. The molecule has 5 heteroatoms. The van der Waals surface area contributed by atoms with Crippen molar-refractivity contribution in [2.45, 2.75) is 25.4 Å². The lowest BCUT2D eigenvalue weighted by molar-refractivity contribution is 0.0916. The van der Waals surface area contributed by atoms with Crippen LogP contribution in [0, 0.1) is 11.7 Å². The first-order chi connectivity index (χ1) is 8.58. The van der Waals surface area contributed by atoms with Gasteiger partial charge in [0.2, 0.25) is 0 Å². The predicted octanol–water partition coefficient (Wildman–Crippen LogP) is 2.48. The van der Waals surface area contributed by atoms with Gasteiger partial charge in [-0.1, -0.05) is 6.42 Å². The Bertz CT molecular complexity index is 453. The minimum atomic E-state index is -0.455. The van der Waals surface area contributed by atoms with Crippen LogP contribution in [0.5, 0.6) is 0 Å². The van der Waals surface area contributed by atoms with E-state index in [4.69, 9.17) is 0 Å². The highest BCUT2D eigenvalue weighted by Crippen LogP contribution is 2.24. The zero-order valence-electron chi connectivity index (χ0n) is 9.83. The number of aliphatic hydroxyl groups excluding tert-OH is 1. The number of amides is 1. The monoisotopic (exact) mass is 315 g/mol. The molecule has 0 radical (unpaired) electrons. The van der Waals surface area contributed by atoms with Crippen molar-refractivity contribution < 1.29 is 14.3 Å². The van der Waals surface area contributed by atoms with Gasteiger partial charge in [0.25, 0.3) is 5.91 Å². The van der Waals surface area contributed by atoms with Crippen LogP contribution in [0.1, 0.15) is 29.6 Å². The summed E-state index contributed by atoms with van der Waals surface area (Å²) in [6.07, 6.45) is 2.39. The molecule has 18 heavy (non-hydrogen) atoms. The molecule has 3 nitrogen and oxygen atoms in total. The van der Waals surface area contributed by atoms with Crippen molar-refractivity contribution >= 4 is 21.8 Å². The lowest BCUT2D eigenvalue weighted by atomic mass is 10.1. The van der Waals surface area contributed by atoms with E-state index >= 15 is 0 Å². The van der Waals surface area contributed by atoms with E-state index in [1.54, 1.807) is 6.07 Å². The number of rotatable bonds is 3. The Labute approximate surface area is 114 Å². The fourth-order valence-corrected chi connectivity index (χ4v) is 2.47. The van der Waals surface area contributed by atoms with Crippen LogP contribution in [0.25, 0.3) is 0 Å². The molecule has 2 atom stereocenters. The minimum absolute atomic E-state index is 0.120. The molecular formula is C13H15BrFNO2. The molecule has 1 saturated carbocycles. The van der Waals surface area contributed by atoms with Crippen LogP contribution in [0.15, 0.2) is 22.7 Å². The maximum absolute atomic E-state index is 13.3. The van der Waals surface area contributed by atoms with E-state index < -0.39 is 5.82 Å². The molecule has 0 heterocycles. The summed E-state index contributed by atoms with van der Waals surface area (Å²) < 4.78 is 13.6. The van der Waals surface area contributed by atoms with E-state index in [9.17, 15) is 14.3 Å². The molecule has 2 unspecified atom stereocenters. The molecule has 98 valence electrons. The summed E-state index contributed by atoms with van der Waals surface area (Å²) in [5, 5.41) is 12.4. The summed E-state index contributed by atoms with van der Waals surface area (Å²) in [7, 11) is 0. The minimum Gasteiger partial charge on any atom is -0.393 e. The quantitative estimate of drug-likeness (QED) is 0.900. The first-order valence-corrected chi connectivity index (χ1v) is 6.78. The fraction of sp³-hybridized carbons (Fsp3) is 0.462. The SMILES string of the molecule is O=C(NCC1CCCC1O)c1ccc(Br)c(F)c1. The average Bonchev–Trinajstić information content (AvgIpc) is 2.75. The number of benzene rings is 1. The molecule has 0 saturated heterocycles. The molecule has 2 N–H and O–H groups in total. The largest absolute Gasteiger partial charge is 0.393 e. The van der Waals surface area contributed by atoms with Crippen molar-refractivity contribution in [2.24, 2.45) is 5.92 Å². The highest BCUT2D eigenvalue weighted by atomic mass is 79.9. The van der Waals surface area contributed by atoms with Crippen LogP contribution in [-0.4, -0.2) is 23.7 Å². The van der Waals surface area contributed by atoms with E-state index in [2.05, 4.69) is 21.2 Å². The van der Waals surface area contributed by atoms with Crippen molar-refractivity contribution in [1.29, 1.82) is 0 Å². The van der Waals surface area contributed by atoms with Gasteiger partial charge >= 0.3 is 0 Å². The van der Waals surface area contributed by atoms with Gasteiger partial charge in [-0.2, -0.15) is 0 Å². The number of halogens is 2. The Hall–Kier alpha value is -0.940. The van der Waals surface area contributed by atoms with Gasteiger partial charge in [0.05, 0.1) is 10.6 Å². The standard InChI is InChI=1S/C13H15BrFNO2/c14-10-5-4-8(6-11(10)15)13(18)16-7-9-2-1-3-12(9)17/h4-6,9,12,17H,1-3,7H2,(H,16,18). The predicted molar refractivity (Wildman–Crippen MR) is 69.8 cm³/mol. The number of aliphatic hydroxyl groups is 1. The zero-order valence-corrected chi connectivity index (χ0v) is 11.4. The highest BCUT2D eigenvalue weighted by molar-refractivity contribution is 9.10. The van der Waals surface area contributed by atoms with E-state index in [0.717, 1.165) is 19.3 Å². The van der Waals surface area contributed by atoms with Crippen LogP contribution in [0.4, 0.5) is 4.39 Å². The van der Waals surface area contributed by atoms with E-state index in [-0.39, 0.29) is 17.9 Å². The number of nitrogens with one attached hydrogen (secondary N) is 1. The van der Waals surface area contributed by atoms with Crippen molar-refractivity contribution in [1.82, 2.24) is 5.32 Å². The molecule has 1 aliphatic rings. The summed E-state index contributed by atoms with van der Waals surface area (Å²) in [6.45, 7) is 0.442. The molecule has 2 rings (SSSR count). The maximum atomic E-state index is 13.3. The molecule has 1 fully saturated rings. The van der Waals surface area contributed by atoms with Gasteiger partial charge in [-0.3, -0.25) is 4.79 Å². The van der Waals surface area contributed by atoms with E-state index in [1.807, 2.05) is 0 Å². The molecule has 0 aromatic heterocycles. The summed E-state index contributed by atoms with van der Waals surface area (Å²) in [5.74, 6) is -0.640. The van der Waals surface area contributed by atoms with Gasteiger partial charge in [-0.15, -0.1) is 0 Å². The molecule has 1 aromatic carbocycles. The second-order valence-electron chi connectivity index (χ2n) is 4.60. The molecule has 1 amide bonds. The molecule has 0 spiro atoms. The zero-order chi connectivity index (χ0) is 13.1. The van der Waals surface area contributed by atoms with E-state index in [0.29, 0.717) is 16.6 Å². The van der Waals surface area contributed by atoms with Gasteiger partial charge in [-0.25, -0.2) is 4.39 Å². The van der Waals surface area contributed by atoms with Crippen molar-refractivity contribution in [2.75, 3.05) is 6.54 Å². The smallest absolute Gasteiger partial charge is 0.251 e.